The van der Waals surface area contributed by atoms with Gasteiger partial charge in [-0.3, -0.25) is 0 Å². The van der Waals surface area contributed by atoms with Gasteiger partial charge in [-0.15, -0.1) is 0 Å². The molecule has 0 heterocycles. The summed E-state index contributed by atoms with van der Waals surface area (Å²) in [5, 5.41) is 0. The largest absolute Gasteiger partial charge is 1.00 e. The van der Waals surface area contributed by atoms with E-state index in [0.717, 1.165) is 19.3 Å². The zero-order valence-corrected chi connectivity index (χ0v) is 22.7. The summed E-state index contributed by atoms with van der Waals surface area (Å²) in [6, 6.07) is 33.2. The van der Waals surface area contributed by atoms with Crippen molar-refractivity contribution in [3.63, 3.8) is 0 Å². The van der Waals surface area contributed by atoms with E-state index in [1.807, 2.05) is 0 Å². The van der Waals surface area contributed by atoms with Crippen LogP contribution in [0.5, 0.6) is 0 Å². The molecular formula is C29H29Cl3Ti. The first kappa shape index (κ1) is 29.8. The molecule has 170 valence electrons. The van der Waals surface area contributed by atoms with Gasteiger partial charge in [-0.05, 0) is 0 Å². The van der Waals surface area contributed by atoms with Crippen LogP contribution in [0.4, 0.5) is 0 Å². The van der Waals surface area contributed by atoms with Crippen LogP contribution in [-0.4, -0.2) is 0 Å². The first-order chi connectivity index (χ1) is 14.8. The second-order valence-electron chi connectivity index (χ2n) is 8.19. The molecule has 0 N–H and O–H groups in total. The molecular weight excluding hydrogens is 503 g/mol. The summed E-state index contributed by atoms with van der Waals surface area (Å²) >= 11 is 2.35. The van der Waals surface area contributed by atoms with Gasteiger partial charge in [-0.25, -0.2) is 0 Å². The maximum absolute atomic E-state index is 2.48. The van der Waals surface area contributed by atoms with Gasteiger partial charge in [0, 0.05) is 0 Å². The molecule has 0 saturated carbocycles. The van der Waals surface area contributed by atoms with E-state index in [1.54, 1.807) is 5.57 Å². The first-order valence-corrected chi connectivity index (χ1v) is 11.8. The molecule has 3 aromatic rings. The normalized spacial score (nSPS) is 12.9. The third-order valence-electron chi connectivity index (χ3n) is 6.37. The molecule has 1 aliphatic rings. The van der Waals surface area contributed by atoms with E-state index in [-0.39, 0.29) is 42.6 Å². The minimum absolute atomic E-state index is 0. The van der Waals surface area contributed by atoms with Crippen molar-refractivity contribution in [1.29, 1.82) is 0 Å². The third-order valence-corrected chi connectivity index (χ3v) is 7.34. The Morgan fingerprint density at radius 2 is 1.21 bits per heavy atom. The molecule has 0 aromatic heterocycles. The molecule has 0 nitrogen and oxygen atoms in total. The average Bonchev–Trinajstić information content (AvgIpc) is 3.17. The molecule has 0 amide bonds. The molecule has 0 unspecified atom stereocenters. The van der Waals surface area contributed by atoms with E-state index in [1.165, 1.54) is 39.0 Å². The van der Waals surface area contributed by atoms with Gasteiger partial charge in [-0.1, -0.05) is 0 Å². The van der Waals surface area contributed by atoms with Crippen molar-refractivity contribution in [1.82, 2.24) is 0 Å². The van der Waals surface area contributed by atoms with Gasteiger partial charge in [0.25, 0.3) is 0 Å². The maximum atomic E-state index is 2.48. The molecule has 0 bridgehead atoms. The number of rotatable bonds is 8. The molecule has 4 heteroatoms. The number of hydrogen-bond donors (Lipinski definition) is 0. The molecule has 0 atom stereocenters. The van der Waals surface area contributed by atoms with Crippen molar-refractivity contribution < 1.29 is 57.7 Å². The van der Waals surface area contributed by atoms with Crippen molar-refractivity contribution in [2.45, 2.75) is 44.4 Å². The Labute approximate surface area is 229 Å². The summed E-state index contributed by atoms with van der Waals surface area (Å²) < 4.78 is 1.49. The van der Waals surface area contributed by atoms with Crippen molar-refractivity contribution in [3.8, 4) is 0 Å². The standard InChI is InChI=1S/C29H29.3ClH.Ti/c1-2-3-21-29(26-15-9-5-10-16-26,27-17-11-6-12-18-27)28-20-19-25(23-28)22-24-13-7-4-8-14-24;;;;/h4-19H,2-3,20-22H2,1H3;3*1H;/q;;;;+3/p-3. The van der Waals surface area contributed by atoms with Crippen LogP contribution in [0.3, 0.4) is 0 Å². The zero-order chi connectivity index (χ0) is 20.8. The molecule has 4 rings (SSSR count). The molecule has 1 aliphatic carbocycles. The van der Waals surface area contributed by atoms with Gasteiger partial charge >= 0.3 is 194 Å². The van der Waals surface area contributed by atoms with E-state index < -0.39 is 0 Å². The van der Waals surface area contributed by atoms with Crippen molar-refractivity contribution in [2.75, 3.05) is 0 Å². The van der Waals surface area contributed by atoms with Crippen LogP contribution in [-0.2, 0) is 32.3 Å². The minimum atomic E-state index is -0.0580. The van der Waals surface area contributed by atoms with Gasteiger partial charge in [0.05, 0.1) is 0 Å². The fraction of sp³-hybridized carbons (Fsp3) is 0.241. The summed E-state index contributed by atoms with van der Waals surface area (Å²) in [5.41, 5.74) is 7.25. The van der Waals surface area contributed by atoms with E-state index in [4.69, 9.17) is 0 Å². The summed E-state index contributed by atoms with van der Waals surface area (Å²) in [6.07, 6.45) is 8.11. The smallest absolute Gasteiger partial charge is 1.00 e. The van der Waals surface area contributed by atoms with Gasteiger partial charge in [0.1, 0.15) is 0 Å². The topological polar surface area (TPSA) is 0 Å². The number of hydrogen-bond acceptors (Lipinski definition) is 0. The van der Waals surface area contributed by atoms with Crippen LogP contribution in [0.2, 0.25) is 0 Å². The second-order valence-corrected chi connectivity index (χ2v) is 8.97. The monoisotopic (exact) mass is 530 g/mol. The Balaban J connectivity index is 0.00000181. The molecule has 0 spiro atoms. The molecule has 0 saturated heterocycles. The van der Waals surface area contributed by atoms with Crippen LogP contribution in [0.15, 0.2) is 112 Å². The molecule has 0 fully saturated rings. The number of benzene rings is 3. The van der Waals surface area contributed by atoms with E-state index in [2.05, 4.69) is 124 Å². The Hall–Kier alpha value is -1.28. The Morgan fingerprint density at radius 3 is 1.70 bits per heavy atom. The van der Waals surface area contributed by atoms with Gasteiger partial charge < -0.3 is 37.2 Å². The molecule has 0 radical (unpaired) electrons. The quantitative estimate of drug-likeness (QED) is 0.312. The fourth-order valence-corrected chi connectivity index (χ4v) is 5.62. The average molecular weight is 532 g/mol. The fourth-order valence-electron chi connectivity index (χ4n) is 4.83. The summed E-state index contributed by atoms with van der Waals surface area (Å²) in [4.78, 5) is 0. The van der Waals surface area contributed by atoms with Crippen molar-refractivity contribution in [2.24, 2.45) is 0 Å². The summed E-state index contributed by atoms with van der Waals surface area (Å²) in [5.74, 6) is 0. The van der Waals surface area contributed by atoms with Crippen molar-refractivity contribution in [3.05, 3.63) is 129 Å². The predicted molar refractivity (Wildman–Crippen MR) is 123 cm³/mol. The molecule has 3 aromatic carbocycles. The predicted octanol–water partition coefficient (Wildman–Crippen LogP) is -1.45. The third kappa shape index (κ3) is 6.44. The Morgan fingerprint density at radius 1 is 0.727 bits per heavy atom. The first-order valence-electron chi connectivity index (χ1n) is 11.1. The summed E-state index contributed by atoms with van der Waals surface area (Å²) in [7, 11) is 0. The van der Waals surface area contributed by atoms with E-state index >= 15 is 0 Å². The number of halogens is 3. The number of unbranched alkanes of at least 4 members (excludes halogenated alkanes) is 1. The number of allylic oxidation sites excluding steroid dienone is 4. The van der Waals surface area contributed by atoms with Gasteiger partial charge in [0.2, 0.25) is 0 Å². The van der Waals surface area contributed by atoms with Gasteiger partial charge in [0.15, 0.2) is 0 Å². The Kier molecular flexibility index (Phi) is 12.8. The van der Waals surface area contributed by atoms with Gasteiger partial charge in [-0.2, -0.15) is 0 Å². The zero-order valence-electron chi connectivity index (χ0n) is 18.9. The Bertz CT molecular complexity index is 989. The second kappa shape index (κ2) is 14.2. The van der Waals surface area contributed by atoms with Crippen LogP contribution in [0, 0.1) is 0 Å². The molecule has 0 aliphatic heterocycles. The van der Waals surface area contributed by atoms with E-state index in [0.29, 0.717) is 0 Å². The molecule has 33 heavy (non-hydrogen) atoms. The summed E-state index contributed by atoms with van der Waals surface area (Å²) in [6.45, 7) is 2.30. The van der Waals surface area contributed by atoms with Crippen LogP contribution >= 0.6 is 0 Å². The maximum Gasteiger partial charge on any atom is -1.00 e. The van der Waals surface area contributed by atoms with Crippen LogP contribution in [0.1, 0.15) is 49.3 Å². The van der Waals surface area contributed by atoms with Crippen molar-refractivity contribution >= 4 is 0 Å². The minimum Gasteiger partial charge on any atom is -1.00 e. The SMILES string of the molecule is CCCCC(C1=[C]([Ti+3])C(Cc2ccccc2)=CC1)(c1ccccc1)c1ccccc1.[Cl-].[Cl-].[Cl-]. The van der Waals surface area contributed by atoms with Crippen LogP contribution < -0.4 is 37.2 Å². The van der Waals surface area contributed by atoms with Crippen LogP contribution in [0.25, 0.3) is 0 Å². The van der Waals surface area contributed by atoms with E-state index in [9.17, 15) is 0 Å².